The monoisotopic (exact) mass is 356 g/mol. The van der Waals surface area contributed by atoms with Crippen LogP contribution in [0.3, 0.4) is 0 Å². The Balaban J connectivity index is 2.03. The number of rotatable bonds is 3. The van der Waals surface area contributed by atoms with Gasteiger partial charge in [-0.05, 0) is 55.4 Å². The zero-order chi connectivity index (χ0) is 17.9. The normalized spacial score (nSPS) is 11.2. The van der Waals surface area contributed by atoms with E-state index in [-0.39, 0.29) is 17.2 Å². The molecule has 2 aromatic carbocycles. The highest BCUT2D eigenvalue weighted by Crippen LogP contribution is 2.32. The highest BCUT2D eigenvalue weighted by atomic mass is 32.1. The lowest BCUT2D eigenvalue weighted by Crippen LogP contribution is -2.28. The van der Waals surface area contributed by atoms with E-state index in [1.807, 2.05) is 32.0 Å². The van der Waals surface area contributed by atoms with E-state index < -0.39 is 17.6 Å². The topological polar surface area (TPSA) is 24.1 Å². The van der Waals surface area contributed by atoms with Gasteiger partial charge >= 0.3 is 6.18 Å². The Morgan fingerprint density at radius 1 is 1.08 bits per heavy atom. The molecule has 0 aliphatic carbocycles. The molecule has 0 aliphatic rings. The molecule has 0 unspecified atom stereocenters. The minimum absolute atomic E-state index is 0.103. The van der Waals surface area contributed by atoms with Gasteiger partial charge in [-0.3, -0.25) is 0 Å². The summed E-state index contributed by atoms with van der Waals surface area (Å²) >= 11 is 5.09. The van der Waals surface area contributed by atoms with Crippen LogP contribution in [-0.2, 0) is 12.7 Å². The highest BCUT2D eigenvalue weighted by molar-refractivity contribution is 7.80. The third-order valence-electron chi connectivity index (χ3n) is 3.59. The molecule has 0 bridgehead atoms. The second-order valence-corrected chi connectivity index (χ2v) is 5.79. The van der Waals surface area contributed by atoms with E-state index >= 15 is 0 Å². The summed E-state index contributed by atoms with van der Waals surface area (Å²) in [5.41, 5.74) is 1.57. The molecule has 0 saturated carbocycles. The Bertz CT molecular complexity index is 757. The number of nitrogens with one attached hydrogen (secondary N) is 2. The molecule has 2 rings (SSSR count). The maximum Gasteiger partial charge on any atom is 0.419 e. The van der Waals surface area contributed by atoms with Crippen molar-refractivity contribution in [2.75, 3.05) is 5.32 Å². The fourth-order valence-corrected chi connectivity index (χ4v) is 2.30. The molecule has 0 aromatic heterocycles. The van der Waals surface area contributed by atoms with Crippen LogP contribution in [0.15, 0.2) is 36.4 Å². The number of hydrogen-bond acceptors (Lipinski definition) is 1. The minimum atomic E-state index is -4.72. The fraction of sp³-hybridized carbons (Fsp3) is 0.235. The predicted octanol–water partition coefficient (Wildman–Crippen LogP) is 4.95. The van der Waals surface area contributed by atoms with Crippen LogP contribution >= 0.6 is 12.2 Å². The minimum Gasteiger partial charge on any atom is -0.358 e. The van der Waals surface area contributed by atoms with Gasteiger partial charge in [0.25, 0.3) is 0 Å². The number of hydrogen-bond donors (Lipinski definition) is 2. The molecule has 0 radical (unpaired) electrons. The van der Waals surface area contributed by atoms with Crippen LogP contribution in [0.1, 0.15) is 22.3 Å². The molecule has 128 valence electrons. The zero-order valence-corrected chi connectivity index (χ0v) is 13.9. The number of benzene rings is 2. The van der Waals surface area contributed by atoms with Crippen molar-refractivity contribution in [3.8, 4) is 0 Å². The van der Waals surface area contributed by atoms with Crippen LogP contribution in [0.4, 0.5) is 23.2 Å². The van der Waals surface area contributed by atoms with Crippen LogP contribution in [0, 0.1) is 19.7 Å². The van der Waals surface area contributed by atoms with Gasteiger partial charge in [0.15, 0.2) is 5.11 Å². The second kappa shape index (κ2) is 7.17. The van der Waals surface area contributed by atoms with Crippen molar-refractivity contribution in [3.05, 3.63) is 64.5 Å². The molecule has 7 heteroatoms. The first-order valence-electron chi connectivity index (χ1n) is 7.15. The summed E-state index contributed by atoms with van der Waals surface area (Å²) in [5, 5.41) is 5.84. The Hall–Kier alpha value is -2.15. The largest absolute Gasteiger partial charge is 0.419 e. The van der Waals surface area contributed by atoms with Crippen LogP contribution < -0.4 is 10.6 Å². The van der Waals surface area contributed by atoms with E-state index in [9.17, 15) is 17.6 Å². The summed E-state index contributed by atoms with van der Waals surface area (Å²) in [6.07, 6.45) is -4.72. The highest BCUT2D eigenvalue weighted by Gasteiger charge is 2.34. The van der Waals surface area contributed by atoms with E-state index in [4.69, 9.17) is 12.2 Å². The van der Waals surface area contributed by atoms with Crippen molar-refractivity contribution in [1.82, 2.24) is 5.32 Å². The molecule has 2 nitrogen and oxygen atoms in total. The van der Waals surface area contributed by atoms with Crippen LogP contribution in [0.5, 0.6) is 0 Å². The molecular weight excluding hydrogens is 340 g/mol. The summed E-state index contributed by atoms with van der Waals surface area (Å²) in [7, 11) is 0. The molecule has 24 heavy (non-hydrogen) atoms. The molecule has 0 heterocycles. The van der Waals surface area contributed by atoms with E-state index in [1.165, 1.54) is 12.1 Å². The Kier molecular flexibility index (Phi) is 5.43. The summed E-state index contributed by atoms with van der Waals surface area (Å²) in [5.74, 6) is -1.29. The number of alkyl halides is 3. The lowest BCUT2D eigenvalue weighted by molar-refractivity contribution is -0.140. The van der Waals surface area contributed by atoms with E-state index in [0.29, 0.717) is 6.07 Å². The van der Waals surface area contributed by atoms with Gasteiger partial charge in [0.1, 0.15) is 5.82 Å². The number of anilines is 1. The van der Waals surface area contributed by atoms with Crippen molar-refractivity contribution in [2.45, 2.75) is 26.6 Å². The van der Waals surface area contributed by atoms with Gasteiger partial charge in [0.05, 0.1) is 5.56 Å². The van der Waals surface area contributed by atoms with Crippen molar-refractivity contribution < 1.29 is 17.6 Å². The van der Waals surface area contributed by atoms with Crippen molar-refractivity contribution in [1.29, 1.82) is 0 Å². The van der Waals surface area contributed by atoms with Crippen LogP contribution in [0.25, 0.3) is 0 Å². The van der Waals surface area contributed by atoms with E-state index in [2.05, 4.69) is 10.6 Å². The summed E-state index contributed by atoms with van der Waals surface area (Å²) in [6.45, 7) is 3.79. The maximum atomic E-state index is 13.9. The third-order valence-corrected chi connectivity index (χ3v) is 3.83. The van der Waals surface area contributed by atoms with Crippen LogP contribution in [-0.4, -0.2) is 5.11 Å². The van der Waals surface area contributed by atoms with Gasteiger partial charge in [0.2, 0.25) is 0 Å². The van der Waals surface area contributed by atoms with Crippen molar-refractivity contribution in [2.24, 2.45) is 0 Å². The molecule has 2 N–H and O–H groups in total. The molecule has 0 aliphatic heterocycles. The number of aryl methyl sites for hydroxylation is 2. The number of thiocarbonyl (C=S) groups is 1. The lowest BCUT2D eigenvalue weighted by Gasteiger charge is -2.14. The Morgan fingerprint density at radius 2 is 1.79 bits per heavy atom. The van der Waals surface area contributed by atoms with Gasteiger partial charge < -0.3 is 10.6 Å². The quantitative estimate of drug-likeness (QED) is 0.601. The Morgan fingerprint density at radius 3 is 2.42 bits per heavy atom. The second-order valence-electron chi connectivity index (χ2n) is 5.38. The summed E-state index contributed by atoms with van der Waals surface area (Å²) in [4.78, 5) is 0. The molecule has 0 spiro atoms. The van der Waals surface area contributed by atoms with Gasteiger partial charge in [0, 0.05) is 17.8 Å². The van der Waals surface area contributed by atoms with E-state index in [0.717, 1.165) is 16.8 Å². The van der Waals surface area contributed by atoms with Crippen molar-refractivity contribution >= 4 is 23.0 Å². The standard InChI is InChI=1S/C17H16F4N2S/c1-10-6-7-13(8-11(10)2)23-16(24)22-9-12-4-3-5-14(15(12)18)17(19,20)21/h3-8H,9H2,1-2H3,(H2,22,23,24). The first-order valence-corrected chi connectivity index (χ1v) is 7.56. The lowest BCUT2D eigenvalue weighted by atomic mass is 10.1. The van der Waals surface area contributed by atoms with Gasteiger partial charge in [-0.25, -0.2) is 4.39 Å². The van der Waals surface area contributed by atoms with Gasteiger partial charge in [-0.1, -0.05) is 18.2 Å². The Labute approximate surface area is 142 Å². The first-order chi connectivity index (χ1) is 11.2. The van der Waals surface area contributed by atoms with E-state index in [1.54, 1.807) is 0 Å². The van der Waals surface area contributed by atoms with Gasteiger partial charge in [-0.15, -0.1) is 0 Å². The summed E-state index contributed by atoms with van der Waals surface area (Å²) in [6, 6.07) is 8.82. The molecule has 0 saturated heterocycles. The summed E-state index contributed by atoms with van der Waals surface area (Å²) < 4.78 is 52.0. The zero-order valence-electron chi connectivity index (χ0n) is 13.1. The van der Waals surface area contributed by atoms with Crippen LogP contribution in [0.2, 0.25) is 0 Å². The fourth-order valence-electron chi connectivity index (χ4n) is 2.11. The molecular formula is C17H16F4N2S. The average Bonchev–Trinajstić information content (AvgIpc) is 2.49. The average molecular weight is 356 g/mol. The van der Waals surface area contributed by atoms with Gasteiger partial charge in [-0.2, -0.15) is 13.2 Å². The molecule has 2 aromatic rings. The number of halogens is 4. The molecule has 0 atom stereocenters. The predicted molar refractivity (Wildman–Crippen MR) is 90.4 cm³/mol. The molecule has 0 amide bonds. The third kappa shape index (κ3) is 4.44. The SMILES string of the molecule is Cc1ccc(NC(=S)NCc2cccc(C(F)(F)F)c2F)cc1C. The smallest absolute Gasteiger partial charge is 0.358 e. The first kappa shape index (κ1) is 18.2. The maximum absolute atomic E-state index is 13.9. The van der Waals surface area contributed by atoms with Crippen molar-refractivity contribution in [3.63, 3.8) is 0 Å². The molecule has 0 fully saturated rings.